The van der Waals surface area contributed by atoms with E-state index in [1.165, 1.54) is 8.93 Å². The van der Waals surface area contributed by atoms with Crippen LogP contribution in [-0.2, 0) is 4.74 Å². The van der Waals surface area contributed by atoms with Gasteiger partial charge in [-0.05, 0) is 32.4 Å². The number of aliphatic hydroxyl groups is 1. The maximum Gasteiger partial charge on any atom is 0.226 e. The summed E-state index contributed by atoms with van der Waals surface area (Å²) in [6, 6.07) is 0. The van der Waals surface area contributed by atoms with Crippen molar-refractivity contribution < 1.29 is 9.84 Å². The van der Waals surface area contributed by atoms with Crippen molar-refractivity contribution in [3.8, 4) is 11.2 Å². The van der Waals surface area contributed by atoms with Gasteiger partial charge in [-0.1, -0.05) is 24.9 Å². The van der Waals surface area contributed by atoms with Gasteiger partial charge in [0.05, 0.1) is 6.61 Å². The van der Waals surface area contributed by atoms with Crippen LogP contribution in [0.4, 0.5) is 11.8 Å². The quantitative estimate of drug-likeness (QED) is 0.203. The summed E-state index contributed by atoms with van der Waals surface area (Å²) in [6.07, 6.45) is 1.78. The van der Waals surface area contributed by atoms with Gasteiger partial charge in [-0.25, -0.2) is 0 Å². The van der Waals surface area contributed by atoms with Crippen molar-refractivity contribution in [3.05, 3.63) is 10.7 Å². The molecule has 1 aromatic heterocycles. The minimum Gasteiger partial charge on any atom is -0.396 e. The third-order valence-corrected chi connectivity index (χ3v) is 4.46. The molecule has 0 fully saturated rings. The fourth-order valence-corrected chi connectivity index (χ4v) is 2.59. The number of hydrogen-bond donors (Lipinski definition) is 3. The molecule has 0 saturated heterocycles. The Kier molecular flexibility index (Phi) is 11.5. The Morgan fingerprint density at radius 1 is 1.38 bits per heavy atom. The maximum absolute atomic E-state index is 9.28. The van der Waals surface area contributed by atoms with Crippen molar-refractivity contribution in [2.75, 3.05) is 44.0 Å². The molecule has 24 heavy (non-hydrogen) atoms. The fourth-order valence-electron chi connectivity index (χ4n) is 1.91. The highest BCUT2D eigenvalue weighted by molar-refractivity contribution is 14.2. The number of aromatic nitrogens is 2. The molecule has 0 aliphatic heterocycles. The molecule has 3 N–H and O–H groups in total. The Morgan fingerprint density at radius 2 is 2.17 bits per heavy atom. The summed E-state index contributed by atoms with van der Waals surface area (Å²) in [5, 5.41) is 18.8. The fraction of sp³-hybridized carbons (Fsp3) is 0.600. The molecule has 1 rings (SSSR count). The molecule has 0 aliphatic carbocycles. The predicted molar refractivity (Wildman–Crippen MR) is 110 cm³/mol. The zero-order valence-electron chi connectivity index (χ0n) is 13.7. The van der Waals surface area contributed by atoms with E-state index in [4.69, 9.17) is 16.3 Å². The van der Waals surface area contributed by atoms with E-state index >= 15 is 0 Å². The average molecular weight is 485 g/mol. The smallest absolute Gasteiger partial charge is 0.226 e. The molecule has 134 valence electrons. The molecular formula is C15H22ClIN4O2S. The van der Waals surface area contributed by atoms with Crippen molar-refractivity contribution in [2.24, 2.45) is 5.92 Å². The summed E-state index contributed by atoms with van der Waals surface area (Å²) in [5.74, 6) is 4.28. The van der Waals surface area contributed by atoms with E-state index in [1.54, 1.807) is 7.11 Å². The average Bonchev–Trinajstić information content (AvgIpc) is 2.58. The minimum absolute atomic E-state index is 0.185. The van der Waals surface area contributed by atoms with E-state index in [2.05, 4.69) is 59.9 Å². The van der Waals surface area contributed by atoms with Crippen LogP contribution in [0.25, 0.3) is 0 Å². The first-order valence-electron chi connectivity index (χ1n) is 7.59. The summed E-state index contributed by atoms with van der Waals surface area (Å²) in [4.78, 5) is 8.68. The predicted octanol–water partition coefficient (Wildman–Crippen LogP) is 3.40. The number of aliphatic hydroxyl groups excluding tert-OH is 1. The van der Waals surface area contributed by atoms with Crippen LogP contribution in [0.5, 0.6) is 0 Å². The lowest BCUT2D eigenvalue weighted by Crippen LogP contribution is -2.15. The number of nitrogens with one attached hydrogen (secondary N) is 2. The number of hydrogen-bond acceptors (Lipinski definition) is 7. The Balaban J connectivity index is 2.89. The number of anilines is 2. The first kappa shape index (κ1) is 21.6. The molecule has 9 heteroatoms. The van der Waals surface area contributed by atoms with Gasteiger partial charge in [0.1, 0.15) is 11.4 Å². The summed E-state index contributed by atoms with van der Waals surface area (Å²) < 4.78 is 5.00. The second-order valence-electron chi connectivity index (χ2n) is 4.96. The van der Waals surface area contributed by atoms with E-state index in [0.717, 1.165) is 12.8 Å². The lowest BCUT2D eigenvalue weighted by molar-refractivity contribution is 0.210. The zero-order chi connectivity index (χ0) is 17.8. The minimum atomic E-state index is 0.185. The third kappa shape index (κ3) is 7.61. The molecule has 0 spiro atoms. The molecule has 0 aromatic carbocycles. The van der Waals surface area contributed by atoms with Crippen molar-refractivity contribution >= 4 is 53.5 Å². The first-order chi connectivity index (χ1) is 11.7. The molecular weight excluding hydrogens is 463 g/mol. The van der Waals surface area contributed by atoms with Gasteiger partial charge >= 0.3 is 0 Å². The van der Waals surface area contributed by atoms with E-state index in [9.17, 15) is 5.11 Å². The Labute approximate surface area is 164 Å². The molecule has 0 aliphatic rings. The SMILES string of the molecule is CCC(CO)CCNc1nc(NCCOC)nc(Cl)c1C#CSI. The molecule has 1 heterocycles. The van der Waals surface area contributed by atoms with Gasteiger partial charge in [0.25, 0.3) is 0 Å². The highest BCUT2D eigenvalue weighted by Gasteiger charge is 2.12. The molecule has 0 bridgehead atoms. The lowest BCUT2D eigenvalue weighted by atomic mass is 10.0. The van der Waals surface area contributed by atoms with Crippen molar-refractivity contribution in [3.63, 3.8) is 0 Å². The van der Waals surface area contributed by atoms with Crippen LogP contribution < -0.4 is 10.6 Å². The molecule has 1 aromatic rings. The van der Waals surface area contributed by atoms with Crippen molar-refractivity contribution in [1.82, 2.24) is 9.97 Å². The van der Waals surface area contributed by atoms with Crippen molar-refractivity contribution in [1.29, 1.82) is 0 Å². The normalized spacial score (nSPS) is 11.5. The van der Waals surface area contributed by atoms with Crippen LogP contribution in [0, 0.1) is 17.1 Å². The summed E-state index contributed by atoms with van der Waals surface area (Å²) in [5.41, 5.74) is 0.579. The van der Waals surface area contributed by atoms with Crippen LogP contribution in [0.1, 0.15) is 25.3 Å². The Bertz CT molecular complexity index is 564. The van der Waals surface area contributed by atoms with Gasteiger partial charge < -0.3 is 20.5 Å². The largest absolute Gasteiger partial charge is 0.396 e. The standard InChI is InChI=1S/C15H22ClIN4O2S/c1-3-11(10-22)4-6-18-14-12(5-9-24-17)13(16)20-15(21-14)19-7-8-23-2/h11,22H,3-4,6-8,10H2,1-2H3,(H2,18,19,20,21). The molecule has 1 atom stereocenters. The van der Waals surface area contributed by atoms with Gasteiger partial charge in [0.15, 0.2) is 5.15 Å². The number of rotatable bonds is 10. The van der Waals surface area contributed by atoms with Crippen molar-refractivity contribution in [2.45, 2.75) is 19.8 Å². The van der Waals surface area contributed by atoms with Gasteiger partial charge in [-0.2, -0.15) is 9.97 Å². The van der Waals surface area contributed by atoms with E-state index in [1.807, 2.05) is 0 Å². The van der Waals surface area contributed by atoms with Crippen LogP contribution in [-0.4, -0.2) is 48.5 Å². The Morgan fingerprint density at radius 3 is 2.79 bits per heavy atom. The van der Waals surface area contributed by atoms with Gasteiger partial charge in [-0.15, -0.1) is 0 Å². The highest BCUT2D eigenvalue weighted by Crippen LogP contribution is 2.23. The second kappa shape index (κ2) is 12.8. The van der Waals surface area contributed by atoms with Crippen LogP contribution in [0.3, 0.4) is 0 Å². The Hall–Kier alpha value is -0.470. The van der Waals surface area contributed by atoms with Gasteiger partial charge in [0, 0.05) is 48.0 Å². The number of nitrogens with zero attached hydrogens (tertiary/aromatic N) is 2. The van der Waals surface area contributed by atoms with Gasteiger partial charge in [0.2, 0.25) is 5.95 Å². The molecule has 0 radical (unpaired) electrons. The third-order valence-electron chi connectivity index (χ3n) is 3.35. The number of methoxy groups -OCH3 is 1. The molecule has 0 saturated carbocycles. The van der Waals surface area contributed by atoms with Crippen LogP contribution in [0.15, 0.2) is 0 Å². The number of ether oxygens (including phenoxy) is 1. The van der Waals surface area contributed by atoms with Gasteiger partial charge in [-0.3, -0.25) is 0 Å². The summed E-state index contributed by atoms with van der Waals surface area (Å²) in [7, 11) is 3.01. The summed E-state index contributed by atoms with van der Waals surface area (Å²) in [6.45, 7) is 4.06. The van der Waals surface area contributed by atoms with Crippen LogP contribution >= 0.6 is 41.7 Å². The summed E-state index contributed by atoms with van der Waals surface area (Å²) >= 11 is 8.36. The van der Waals surface area contributed by atoms with Crippen LogP contribution in [0.2, 0.25) is 5.15 Å². The second-order valence-corrected chi connectivity index (χ2v) is 7.00. The van der Waals surface area contributed by atoms with E-state index in [0.29, 0.717) is 42.2 Å². The molecule has 1 unspecified atom stereocenters. The lowest BCUT2D eigenvalue weighted by Gasteiger charge is -2.14. The molecule has 0 amide bonds. The first-order valence-corrected chi connectivity index (χ1v) is 11.3. The topological polar surface area (TPSA) is 79.3 Å². The van der Waals surface area contributed by atoms with E-state index in [-0.39, 0.29) is 12.5 Å². The number of halogens is 2. The molecule has 6 nitrogen and oxygen atoms in total. The van der Waals surface area contributed by atoms with E-state index < -0.39 is 0 Å². The highest BCUT2D eigenvalue weighted by atomic mass is 127. The monoisotopic (exact) mass is 484 g/mol. The zero-order valence-corrected chi connectivity index (χ0v) is 17.5. The maximum atomic E-state index is 9.28.